The standard InChI is InChI=1S/C14H19NO.BrH/c1-15-8-7-14(10-15)6-2-3-11-4-5-12(16)9-13(11)14;/h4-5,9,16H,2-3,6-8,10H2,1H3;1H. The summed E-state index contributed by atoms with van der Waals surface area (Å²) < 4.78 is 0. The highest BCUT2D eigenvalue weighted by Gasteiger charge is 2.41. The van der Waals surface area contributed by atoms with Crippen LogP contribution in [-0.4, -0.2) is 30.1 Å². The molecule has 3 heteroatoms. The summed E-state index contributed by atoms with van der Waals surface area (Å²) in [6, 6.07) is 5.95. The summed E-state index contributed by atoms with van der Waals surface area (Å²) >= 11 is 0. The fourth-order valence-electron chi connectivity index (χ4n) is 3.53. The van der Waals surface area contributed by atoms with Gasteiger partial charge in [0.2, 0.25) is 0 Å². The largest absolute Gasteiger partial charge is 0.508 e. The molecule has 0 amide bonds. The molecular weight excluding hydrogens is 278 g/mol. The van der Waals surface area contributed by atoms with E-state index in [-0.39, 0.29) is 17.0 Å². The van der Waals surface area contributed by atoms with Gasteiger partial charge in [0, 0.05) is 12.0 Å². The molecule has 1 fully saturated rings. The molecule has 1 N–H and O–H groups in total. The van der Waals surface area contributed by atoms with Gasteiger partial charge in [-0.1, -0.05) is 6.07 Å². The highest BCUT2D eigenvalue weighted by atomic mass is 79.9. The number of likely N-dealkylation sites (tertiary alicyclic amines) is 1. The Hall–Kier alpha value is -0.540. The predicted octanol–water partition coefficient (Wildman–Crippen LogP) is 2.88. The molecule has 1 aliphatic carbocycles. The lowest BCUT2D eigenvalue weighted by Gasteiger charge is -2.35. The number of aryl methyl sites for hydroxylation is 1. The maximum Gasteiger partial charge on any atom is 0.115 e. The van der Waals surface area contributed by atoms with Crippen molar-refractivity contribution in [2.45, 2.75) is 31.1 Å². The number of rotatable bonds is 0. The first-order valence-corrected chi connectivity index (χ1v) is 6.21. The Kier molecular flexibility index (Phi) is 3.50. The van der Waals surface area contributed by atoms with Crippen LogP contribution in [0.3, 0.4) is 0 Å². The Morgan fingerprint density at radius 1 is 1.29 bits per heavy atom. The number of hydrogen-bond donors (Lipinski definition) is 1. The normalized spacial score (nSPS) is 27.8. The average molecular weight is 298 g/mol. The van der Waals surface area contributed by atoms with E-state index < -0.39 is 0 Å². The molecular formula is C14H20BrNO. The summed E-state index contributed by atoms with van der Waals surface area (Å²) in [5.74, 6) is 0.426. The molecule has 1 spiro atoms. The van der Waals surface area contributed by atoms with E-state index >= 15 is 0 Å². The third kappa shape index (κ3) is 2.11. The summed E-state index contributed by atoms with van der Waals surface area (Å²) in [7, 11) is 2.20. The Bertz CT molecular complexity index is 421. The van der Waals surface area contributed by atoms with Gasteiger partial charge in [-0.2, -0.15) is 0 Å². The van der Waals surface area contributed by atoms with Gasteiger partial charge in [0.1, 0.15) is 5.75 Å². The first-order chi connectivity index (χ1) is 7.70. The van der Waals surface area contributed by atoms with E-state index in [1.165, 1.54) is 43.4 Å². The number of nitrogens with zero attached hydrogens (tertiary/aromatic N) is 1. The molecule has 3 rings (SSSR count). The van der Waals surface area contributed by atoms with Crippen molar-refractivity contribution in [3.8, 4) is 5.75 Å². The maximum absolute atomic E-state index is 9.68. The Balaban J connectivity index is 0.00000108. The molecule has 0 bridgehead atoms. The van der Waals surface area contributed by atoms with Crippen molar-refractivity contribution in [2.24, 2.45) is 0 Å². The molecule has 94 valence electrons. The summed E-state index contributed by atoms with van der Waals surface area (Å²) in [5, 5.41) is 9.68. The van der Waals surface area contributed by atoms with Gasteiger partial charge in [0.25, 0.3) is 0 Å². The molecule has 2 nitrogen and oxygen atoms in total. The van der Waals surface area contributed by atoms with Crippen molar-refractivity contribution in [1.82, 2.24) is 4.90 Å². The van der Waals surface area contributed by atoms with E-state index in [4.69, 9.17) is 0 Å². The second-order valence-corrected chi connectivity index (χ2v) is 5.46. The topological polar surface area (TPSA) is 23.5 Å². The smallest absolute Gasteiger partial charge is 0.115 e. The van der Waals surface area contributed by atoms with E-state index in [2.05, 4.69) is 18.0 Å². The number of fused-ring (bicyclic) bond motifs is 2. The van der Waals surface area contributed by atoms with Crippen LogP contribution in [0.1, 0.15) is 30.4 Å². The van der Waals surface area contributed by atoms with Crippen LogP contribution in [0.4, 0.5) is 0 Å². The maximum atomic E-state index is 9.68. The monoisotopic (exact) mass is 297 g/mol. The first kappa shape index (κ1) is 12.9. The first-order valence-electron chi connectivity index (χ1n) is 6.21. The van der Waals surface area contributed by atoms with Gasteiger partial charge in [-0.15, -0.1) is 17.0 Å². The van der Waals surface area contributed by atoms with Crippen LogP contribution in [0.2, 0.25) is 0 Å². The van der Waals surface area contributed by atoms with E-state index in [1.54, 1.807) is 0 Å². The minimum Gasteiger partial charge on any atom is -0.508 e. The van der Waals surface area contributed by atoms with Crippen molar-refractivity contribution >= 4 is 17.0 Å². The molecule has 0 saturated carbocycles. The van der Waals surface area contributed by atoms with Gasteiger partial charge in [0.05, 0.1) is 0 Å². The number of phenols is 1. The average Bonchev–Trinajstić information content (AvgIpc) is 2.63. The van der Waals surface area contributed by atoms with Crippen LogP contribution in [-0.2, 0) is 11.8 Å². The summed E-state index contributed by atoms with van der Waals surface area (Å²) in [4.78, 5) is 2.42. The number of phenolic OH excluding ortho intramolecular Hbond substituents is 1. The van der Waals surface area contributed by atoms with Crippen molar-refractivity contribution in [2.75, 3.05) is 20.1 Å². The molecule has 0 aromatic heterocycles. The van der Waals surface area contributed by atoms with Crippen LogP contribution in [0, 0.1) is 0 Å². The van der Waals surface area contributed by atoms with Crippen LogP contribution in [0.25, 0.3) is 0 Å². The molecule has 1 saturated heterocycles. The van der Waals surface area contributed by atoms with Crippen LogP contribution in [0.15, 0.2) is 18.2 Å². The molecule has 1 aliphatic heterocycles. The molecule has 1 heterocycles. The summed E-state index contributed by atoms with van der Waals surface area (Å²) in [6.45, 7) is 2.35. The fraction of sp³-hybridized carbons (Fsp3) is 0.571. The number of hydrogen-bond acceptors (Lipinski definition) is 2. The highest BCUT2D eigenvalue weighted by molar-refractivity contribution is 8.93. The Morgan fingerprint density at radius 3 is 2.82 bits per heavy atom. The molecule has 1 unspecified atom stereocenters. The molecule has 1 aromatic carbocycles. The lowest BCUT2D eigenvalue weighted by Crippen LogP contribution is -2.33. The van der Waals surface area contributed by atoms with E-state index in [9.17, 15) is 5.11 Å². The van der Waals surface area contributed by atoms with Gasteiger partial charge in [-0.05, 0) is 62.5 Å². The second kappa shape index (κ2) is 4.62. The quantitative estimate of drug-likeness (QED) is 0.796. The van der Waals surface area contributed by atoms with Crippen molar-refractivity contribution < 1.29 is 5.11 Å². The lowest BCUT2D eigenvalue weighted by molar-refractivity contribution is 0.333. The number of likely N-dealkylation sites (N-methyl/N-ethyl adjacent to an activating group) is 1. The van der Waals surface area contributed by atoms with E-state index in [1.807, 2.05) is 12.1 Å². The Labute approximate surface area is 113 Å². The molecule has 1 atom stereocenters. The minimum atomic E-state index is 0. The number of aromatic hydroxyl groups is 1. The third-order valence-corrected chi connectivity index (χ3v) is 4.31. The third-order valence-electron chi connectivity index (χ3n) is 4.31. The molecule has 0 radical (unpaired) electrons. The highest BCUT2D eigenvalue weighted by Crippen LogP contribution is 2.44. The number of halogens is 1. The van der Waals surface area contributed by atoms with Crippen molar-refractivity contribution in [1.29, 1.82) is 0 Å². The Morgan fingerprint density at radius 2 is 2.12 bits per heavy atom. The SMILES string of the molecule is Br.CN1CCC2(CCCc3ccc(O)cc32)C1. The lowest BCUT2D eigenvalue weighted by atomic mass is 9.69. The van der Waals surface area contributed by atoms with Crippen LogP contribution in [0.5, 0.6) is 5.75 Å². The molecule has 1 aromatic rings. The zero-order valence-electron chi connectivity index (χ0n) is 10.3. The zero-order chi connectivity index (χ0) is 11.2. The van der Waals surface area contributed by atoms with Crippen molar-refractivity contribution in [3.63, 3.8) is 0 Å². The summed E-state index contributed by atoms with van der Waals surface area (Å²) in [6.07, 6.45) is 5.01. The van der Waals surface area contributed by atoms with E-state index in [0.717, 1.165) is 6.54 Å². The van der Waals surface area contributed by atoms with Gasteiger partial charge >= 0.3 is 0 Å². The predicted molar refractivity (Wildman–Crippen MR) is 75.2 cm³/mol. The van der Waals surface area contributed by atoms with Gasteiger partial charge < -0.3 is 10.0 Å². The van der Waals surface area contributed by atoms with Gasteiger partial charge in [-0.25, -0.2) is 0 Å². The van der Waals surface area contributed by atoms with Crippen LogP contribution < -0.4 is 0 Å². The van der Waals surface area contributed by atoms with Gasteiger partial charge in [0.15, 0.2) is 0 Å². The number of benzene rings is 1. The van der Waals surface area contributed by atoms with Crippen molar-refractivity contribution in [3.05, 3.63) is 29.3 Å². The zero-order valence-corrected chi connectivity index (χ0v) is 12.0. The fourth-order valence-corrected chi connectivity index (χ4v) is 3.53. The summed E-state index contributed by atoms with van der Waals surface area (Å²) in [5.41, 5.74) is 3.21. The minimum absolute atomic E-state index is 0. The van der Waals surface area contributed by atoms with E-state index in [0.29, 0.717) is 11.2 Å². The van der Waals surface area contributed by atoms with Gasteiger partial charge in [-0.3, -0.25) is 0 Å². The second-order valence-electron chi connectivity index (χ2n) is 5.46. The van der Waals surface area contributed by atoms with Crippen LogP contribution >= 0.6 is 17.0 Å². The molecule has 2 aliphatic rings. The molecule has 17 heavy (non-hydrogen) atoms.